The Morgan fingerprint density at radius 3 is 2.38 bits per heavy atom. The third kappa shape index (κ3) is 4.78. The molecule has 0 aromatic heterocycles. The molecule has 0 aromatic rings. The van der Waals surface area contributed by atoms with E-state index in [-0.39, 0.29) is 17.7 Å². The van der Waals surface area contributed by atoms with Crippen LogP contribution in [0.2, 0.25) is 0 Å². The minimum atomic E-state index is -4.76. The maximum Gasteiger partial charge on any atom is 0.397 e. The molecule has 1 rings (SSSR count). The van der Waals surface area contributed by atoms with Crippen LogP contribution in [0.4, 0.5) is 13.2 Å². The van der Waals surface area contributed by atoms with Crippen LogP contribution in [0.3, 0.4) is 0 Å². The monoisotopic (exact) mass is 361 g/mol. The molecule has 0 heterocycles. The molecule has 0 aliphatic heterocycles. The quantitative estimate of drug-likeness (QED) is 0.740. The summed E-state index contributed by atoms with van der Waals surface area (Å²) < 4.78 is 61.9. The van der Waals surface area contributed by atoms with Crippen molar-refractivity contribution >= 4 is 17.0 Å². The van der Waals surface area contributed by atoms with Crippen LogP contribution in [0.15, 0.2) is 60.3 Å². The molecule has 1 aliphatic rings. The van der Waals surface area contributed by atoms with Crippen LogP contribution in [0.25, 0.3) is 0 Å². The van der Waals surface area contributed by atoms with Gasteiger partial charge in [-0.25, -0.2) is 4.21 Å². The van der Waals surface area contributed by atoms with Crippen molar-refractivity contribution in [2.75, 3.05) is 6.54 Å². The number of hydrogen-bond acceptors (Lipinski definition) is 2. The SMILES string of the molecule is C=C/C=C1/C=C(CNC(C)=O)[C@@H](C(F)(F)F)C(S(=O)O)/C1=C/C=C. The lowest BCUT2D eigenvalue weighted by molar-refractivity contribution is -0.163. The van der Waals surface area contributed by atoms with E-state index in [4.69, 9.17) is 0 Å². The van der Waals surface area contributed by atoms with Gasteiger partial charge in [0.15, 0.2) is 11.1 Å². The topological polar surface area (TPSA) is 66.4 Å². The van der Waals surface area contributed by atoms with Crippen LogP contribution < -0.4 is 5.32 Å². The van der Waals surface area contributed by atoms with Gasteiger partial charge in [-0.3, -0.25) is 4.79 Å². The van der Waals surface area contributed by atoms with Crippen LogP contribution >= 0.6 is 0 Å². The summed E-state index contributed by atoms with van der Waals surface area (Å²) in [7, 11) is 0. The molecular weight excluding hydrogens is 343 g/mol. The number of carbonyl (C=O) groups is 1. The first-order valence-electron chi connectivity index (χ1n) is 6.90. The standard InChI is InChI=1S/C16H18F3NO3S/c1-4-6-11-8-12(9-20-10(3)21)14(16(17,18)19)15(24(22)23)13(11)7-5-2/h4-8,14-15H,1-2,9H2,3H3,(H,20,21)(H,22,23)/b11-6-,13-7+/t14-,15?/m1/s1. The van der Waals surface area contributed by atoms with Crippen molar-refractivity contribution < 1.29 is 26.7 Å². The minimum Gasteiger partial charge on any atom is -0.353 e. The Morgan fingerprint density at radius 1 is 1.38 bits per heavy atom. The fraction of sp³-hybridized carbons (Fsp3) is 0.312. The van der Waals surface area contributed by atoms with Crippen molar-refractivity contribution in [3.05, 3.63) is 60.3 Å². The maximum absolute atomic E-state index is 13.6. The summed E-state index contributed by atoms with van der Waals surface area (Å²) in [6.45, 7) is 7.74. The molecule has 132 valence electrons. The molecular formula is C16H18F3NO3S. The molecule has 3 atom stereocenters. The first-order chi connectivity index (χ1) is 11.1. The highest BCUT2D eigenvalue weighted by molar-refractivity contribution is 7.80. The third-order valence-electron chi connectivity index (χ3n) is 3.39. The smallest absolute Gasteiger partial charge is 0.353 e. The minimum absolute atomic E-state index is 0.0413. The van der Waals surface area contributed by atoms with E-state index in [1.54, 1.807) is 0 Å². The molecule has 0 saturated carbocycles. The molecule has 8 heteroatoms. The maximum atomic E-state index is 13.6. The largest absolute Gasteiger partial charge is 0.397 e. The molecule has 2 unspecified atom stereocenters. The zero-order valence-electron chi connectivity index (χ0n) is 13.0. The second-order valence-corrected chi connectivity index (χ2v) is 6.12. The number of nitrogens with one attached hydrogen (secondary N) is 1. The molecule has 0 aromatic carbocycles. The van der Waals surface area contributed by atoms with Crippen molar-refractivity contribution in [2.24, 2.45) is 5.92 Å². The van der Waals surface area contributed by atoms with Gasteiger partial charge in [-0.2, -0.15) is 13.2 Å². The Balaban J connectivity index is 3.60. The molecule has 24 heavy (non-hydrogen) atoms. The van der Waals surface area contributed by atoms with Gasteiger partial charge in [0.1, 0.15) is 5.25 Å². The summed E-state index contributed by atoms with van der Waals surface area (Å²) in [4.78, 5) is 11.0. The van der Waals surface area contributed by atoms with E-state index < -0.39 is 34.3 Å². The number of allylic oxidation sites excluding steroid dienone is 6. The number of hydrogen-bond donors (Lipinski definition) is 2. The average Bonchev–Trinajstić information content (AvgIpc) is 2.45. The number of alkyl halides is 3. The Bertz CT molecular complexity index is 647. The number of halogens is 3. The molecule has 4 nitrogen and oxygen atoms in total. The van der Waals surface area contributed by atoms with Crippen LogP contribution in [0, 0.1) is 5.92 Å². The van der Waals surface area contributed by atoms with Gasteiger partial charge in [0.05, 0.1) is 5.92 Å². The Morgan fingerprint density at radius 2 is 1.96 bits per heavy atom. The van der Waals surface area contributed by atoms with E-state index in [0.29, 0.717) is 5.57 Å². The molecule has 1 amide bonds. The Hall–Kier alpha value is -1.93. The highest BCUT2D eigenvalue weighted by atomic mass is 32.2. The van der Waals surface area contributed by atoms with Crippen molar-refractivity contribution in [2.45, 2.75) is 18.3 Å². The molecule has 0 radical (unpaired) electrons. The van der Waals surface area contributed by atoms with Crippen molar-refractivity contribution in [3.63, 3.8) is 0 Å². The van der Waals surface area contributed by atoms with E-state index >= 15 is 0 Å². The molecule has 2 N–H and O–H groups in total. The van der Waals surface area contributed by atoms with Crippen molar-refractivity contribution in [3.8, 4) is 0 Å². The summed E-state index contributed by atoms with van der Waals surface area (Å²) in [6.07, 6.45) is 1.84. The summed E-state index contributed by atoms with van der Waals surface area (Å²) in [6, 6.07) is 0. The summed E-state index contributed by atoms with van der Waals surface area (Å²) >= 11 is -2.78. The van der Waals surface area contributed by atoms with Gasteiger partial charge >= 0.3 is 6.18 Å². The van der Waals surface area contributed by atoms with E-state index in [2.05, 4.69) is 18.5 Å². The third-order valence-corrected chi connectivity index (χ3v) is 4.35. The number of rotatable bonds is 5. The summed E-state index contributed by atoms with van der Waals surface area (Å²) in [5.74, 6) is -2.69. The van der Waals surface area contributed by atoms with Crippen LogP contribution in [-0.4, -0.2) is 32.6 Å². The zero-order chi connectivity index (χ0) is 18.5. The molecule has 0 saturated heterocycles. The molecule has 1 aliphatic carbocycles. The molecule has 0 spiro atoms. The van der Waals surface area contributed by atoms with Gasteiger partial charge in [-0.1, -0.05) is 43.5 Å². The molecule has 0 bridgehead atoms. The van der Waals surface area contributed by atoms with Gasteiger partial charge < -0.3 is 9.87 Å². The van der Waals surface area contributed by atoms with Crippen LogP contribution in [0.5, 0.6) is 0 Å². The number of carbonyl (C=O) groups excluding carboxylic acids is 1. The van der Waals surface area contributed by atoms with Gasteiger partial charge in [-0.05, 0) is 16.7 Å². The predicted octanol–water partition coefficient (Wildman–Crippen LogP) is 3.06. The number of amides is 1. The molecule has 0 fully saturated rings. The summed E-state index contributed by atoms with van der Waals surface area (Å²) in [5, 5.41) is 0.586. The van der Waals surface area contributed by atoms with Gasteiger partial charge in [0, 0.05) is 13.5 Å². The van der Waals surface area contributed by atoms with E-state index in [1.807, 2.05) is 0 Å². The average molecular weight is 361 g/mol. The van der Waals surface area contributed by atoms with Crippen molar-refractivity contribution in [1.29, 1.82) is 0 Å². The Kier molecular flexibility index (Phi) is 6.92. The van der Waals surface area contributed by atoms with E-state index in [9.17, 15) is 26.7 Å². The second kappa shape index (κ2) is 8.25. The predicted molar refractivity (Wildman–Crippen MR) is 87.4 cm³/mol. The Labute approximate surface area is 140 Å². The lowest BCUT2D eigenvalue weighted by Gasteiger charge is -2.35. The van der Waals surface area contributed by atoms with Gasteiger partial charge in [0.2, 0.25) is 5.91 Å². The van der Waals surface area contributed by atoms with Crippen LogP contribution in [-0.2, 0) is 15.9 Å². The normalized spacial score (nSPS) is 26.0. The lowest BCUT2D eigenvalue weighted by atomic mass is 9.80. The zero-order valence-corrected chi connectivity index (χ0v) is 13.8. The van der Waals surface area contributed by atoms with Gasteiger partial charge in [-0.15, -0.1) is 0 Å². The van der Waals surface area contributed by atoms with Crippen LogP contribution in [0.1, 0.15) is 6.92 Å². The van der Waals surface area contributed by atoms with Crippen molar-refractivity contribution in [1.82, 2.24) is 5.32 Å². The highest BCUT2D eigenvalue weighted by Crippen LogP contribution is 2.44. The lowest BCUT2D eigenvalue weighted by Crippen LogP contribution is -2.44. The van der Waals surface area contributed by atoms with Gasteiger partial charge in [0.25, 0.3) is 0 Å². The van der Waals surface area contributed by atoms with E-state index in [1.165, 1.54) is 37.3 Å². The highest BCUT2D eigenvalue weighted by Gasteiger charge is 2.52. The first-order valence-corrected chi connectivity index (χ1v) is 8.07. The second-order valence-electron chi connectivity index (χ2n) is 5.06. The first kappa shape index (κ1) is 20.1. The fourth-order valence-electron chi connectivity index (χ4n) is 2.49. The summed E-state index contributed by atoms with van der Waals surface area (Å²) in [5.41, 5.74) is 0.164. The van der Waals surface area contributed by atoms with E-state index in [0.717, 1.165) is 0 Å². The fourth-order valence-corrected chi connectivity index (χ4v) is 3.49.